The predicted molar refractivity (Wildman–Crippen MR) is 147 cm³/mol. The Hall–Kier alpha value is -4.42. The molecule has 0 radical (unpaired) electrons. The second-order valence-corrected chi connectivity index (χ2v) is 8.99. The zero-order valence-electron chi connectivity index (χ0n) is 18.7. The fourth-order valence-electron chi connectivity index (χ4n) is 5.34. The van der Waals surface area contributed by atoms with Crippen molar-refractivity contribution >= 4 is 43.1 Å². The average molecular weight is 431 g/mol. The lowest BCUT2D eigenvalue weighted by molar-refractivity contribution is 1.64. The van der Waals surface area contributed by atoms with Gasteiger partial charge in [0.2, 0.25) is 0 Å². The molecule has 0 saturated carbocycles. The summed E-state index contributed by atoms with van der Waals surface area (Å²) in [7, 11) is 0. The van der Waals surface area contributed by atoms with Crippen LogP contribution >= 0.6 is 0 Å². The molecule has 0 aliphatic rings. The third-order valence-electron chi connectivity index (χ3n) is 7.02. The largest absolute Gasteiger partial charge is 0.0616 e. The molecule has 0 heterocycles. The molecule has 0 bridgehead atoms. The summed E-state index contributed by atoms with van der Waals surface area (Å²) in [6, 6.07) is 48.7. The summed E-state index contributed by atoms with van der Waals surface area (Å²) in [5, 5.41) is 10.2. The van der Waals surface area contributed by atoms with E-state index >= 15 is 0 Å². The highest BCUT2D eigenvalue weighted by molar-refractivity contribution is 6.15. The monoisotopic (exact) mass is 430 g/mol. The standard InChI is InChI=1S/C34H22/c1-3-10-26-21-28(15-13-23(26)7-1)31-19-20-32-30-12-6-5-9-25(30)17-18-33(32)34(31)29-16-14-24-8-2-4-11-27(24)22-29/h1-22H. The van der Waals surface area contributed by atoms with E-state index in [1.807, 2.05) is 0 Å². The second kappa shape index (κ2) is 7.57. The van der Waals surface area contributed by atoms with Crippen molar-refractivity contribution in [2.24, 2.45) is 0 Å². The number of rotatable bonds is 2. The molecule has 0 atom stereocenters. The van der Waals surface area contributed by atoms with Gasteiger partial charge < -0.3 is 0 Å². The summed E-state index contributed by atoms with van der Waals surface area (Å²) in [5.41, 5.74) is 5.06. The SMILES string of the molecule is c1ccc2cc(-c3ccc4c(ccc5ccccc54)c3-c3ccc4ccccc4c3)ccc2c1. The molecule has 158 valence electrons. The Bertz CT molecular complexity index is 1860. The van der Waals surface area contributed by atoms with Crippen molar-refractivity contribution in [2.45, 2.75) is 0 Å². The Kier molecular flexibility index (Phi) is 4.25. The molecule has 0 heteroatoms. The Balaban J connectivity index is 1.59. The van der Waals surface area contributed by atoms with Crippen LogP contribution in [0.15, 0.2) is 133 Å². The molecule has 7 aromatic rings. The summed E-state index contributed by atoms with van der Waals surface area (Å²) in [5.74, 6) is 0. The normalized spacial score (nSPS) is 11.5. The first-order valence-corrected chi connectivity index (χ1v) is 11.8. The number of fused-ring (bicyclic) bond motifs is 5. The van der Waals surface area contributed by atoms with Gasteiger partial charge in [-0.15, -0.1) is 0 Å². The van der Waals surface area contributed by atoms with Crippen molar-refractivity contribution < 1.29 is 0 Å². The molecule has 0 aliphatic heterocycles. The molecule has 0 N–H and O–H groups in total. The van der Waals surface area contributed by atoms with Crippen molar-refractivity contribution in [1.29, 1.82) is 0 Å². The molecule has 0 aromatic heterocycles. The molecule has 0 spiro atoms. The molecule has 7 aromatic carbocycles. The van der Waals surface area contributed by atoms with Gasteiger partial charge in [-0.2, -0.15) is 0 Å². The number of hydrogen-bond acceptors (Lipinski definition) is 0. The van der Waals surface area contributed by atoms with E-state index in [0.717, 1.165) is 0 Å². The van der Waals surface area contributed by atoms with E-state index < -0.39 is 0 Å². The van der Waals surface area contributed by atoms with Gasteiger partial charge in [0.05, 0.1) is 0 Å². The van der Waals surface area contributed by atoms with Gasteiger partial charge >= 0.3 is 0 Å². The van der Waals surface area contributed by atoms with Crippen LogP contribution in [0, 0.1) is 0 Å². The second-order valence-electron chi connectivity index (χ2n) is 8.99. The van der Waals surface area contributed by atoms with E-state index in [9.17, 15) is 0 Å². The van der Waals surface area contributed by atoms with Gasteiger partial charge in [0.25, 0.3) is 0 Å². The van der Waals surface area contributed by atoms with E-state index in [-0.39, 0.29) is 0 Å². The minimum atomic E-state index is 1.25. The smallest absolute Gasteiger partial charge is 0.00264 e. The van der Waals surface area contributed by atoms with Crippen LogP contribution in [0.4, 0.5) is 0 Å². The molecular weight excluding hydrogens is 408 g/mol. The van der Waals surface area contributed by atoms with Gasteiger partial charge in [0, 0.05) is 0 Å². The van der Waals surface area contributed by atoms with Crippen molar-refractivity contribution in [1.82, 2.24) is 0 Å². The summed E-state index contributed by atoms with van der Waals surface area (Å²) in [6.07, 6.45) is 0. The van der Waals surface area contributed by atoms with Gasteiger partial charge in [-0.3, -0.25) is 0 Å². The topological polar surface area (TPSA) is 0 Å². The highest BCUT2D eigenvalue weighted by atomic mass is 14.2. The fourth-order valence-corrected chi connectivity index (χ4v) is 5.34. The van der Waals surface area contributed by atoms with Crippen LogP contribution in [-0.2, 0) is 0 Å². The fraction of sp³-hybridized carbons (Fsp3) is 0. The first kappa shape index (κ1) is 19.1. The van der Waals surface area contributed by atoms with Crippen LogP contribution in [0.5, 0.6) is 0 Å². The highest BCUT2D eigenvalue weighted by Crippen LogP contribution is 2.41. The third-order valence-corrected chi connectivity index (χ3v) is 7.02. The lowest BCUT2D eigenvalue weighted by Crippen LogP contribution is -1.90. The quantitative estimate of drug-likeness (QED) is 0.239. The summed E-state index contributed by atoms with van der Waals surface area (Å²) < 4.78 is 0. The number of hydrogen-bond donors (Lipinski definition) is 0. The van der Waals surface area contributed by atoms with E-state index in [1.54, 1.807) is 0 Å². The Morgan fingerprint density at radius 1 is 0.294 bits per heavy atom. The Morgan fingerprint density at radius 2 is 0.824 bits per heavy atom. The molecule has 0 saturated heterocycles. The average Bonchev–Trinajstić information content (AvgIpc) is 2.91. The van der Waals surface area contributed by atoms with Gasteiger partial charge in [0.15, 0.2) is 0 Å². The molecule has 0 unspecified atom stereocenters. The predicted octanol–water partition coefficient (Wildman–Crippen LogP) is 9.63. The van der Waals surface area contributed by atoms with Crippen LogP contribution in [-0.4, -0.2) is 0 Å². The van der Waals surface area contributed by atoms with Crippen molar-refractivity contribution in [3.05, 3.63) is 133 Å². The molecular formula is C34H22. The van der Waals surface area contributed by atoms with E-state index in [2.05, 4.69) is 133 Å². The number of benzene rings is 7. The van der Waals surface area contributed by atoms with Crippen molar-refractivity contribution in [3.63, 3.8) is 0 Å². The summed E-state index contributed by atoms with van der Waals surface area (Å²) in [4.78, 5) is 0. The van der Waals surface area contributed by atoms with E-state index in [1.165, 1.54) is 65.3 Å². The molecule has 0 fully saturated rings. The van der Waals surface area contributed by atoms with Crippen LogP contribution in [0.2, 0.25) is 0 Å². The first-order valence-electron chi connectivity index (χ1n) is 11.8. The van der Waals surface area contributed by atoms with Crippen LogP contribution < -0.4 is 0 Å². The maximum Gasteiger partial charge on any atom is -0.00264 e. The Labute approximate surface area is 198 Å². The summed E-state index contributed by atoms with van der Waals surface area (Å²) in [6.45, 7) is 0. The minimum absolute atomic E-state index is 1.25. The lowest BCUT2D eigenvalue weighted by Gasteiger charge is -2.17. The molecule has 7 rings (SSSR count). The maximum absolute atomic E-state index is 2.34. The zero-order chi connectivity index (χ0) is 22.5. The maximum atomic E-state index is 2.34. The van der Waals surface area contributed by atoms with Crippen LogP contribution in [0.1, 0.15) is 0 Å². The van der Waals surface area contributed by atoms with Crippen LogP contribution in [0.25, 0.3) is 65.3 Å². The van der Waals surface area contributed by atoms with Gasteiger partial charge in [0.1, 0.15) is 0 Å². The Morgan fingerprint density at radius 3 is 1.56 bits per heavy atom. The minimum Gasteiger partial charge on any atom is -0.0616 e. The van der Waals surface area contributed by atoms with Crippen molar-refractivity contribution in [3.8, 4) is 22.3 Å². The zero-order valence-corrected chi connectivity index (χ0v) is 18.7. The van der Waals surface area contributed by atoms with E-state index in [0.29, 0.717) is 0 Å². The van der Waals surface area contributed by atoms with E-state index in [4.69, 9.17) is 0 Å². The van der Waals surface area contributed by atoms with Gasteiger partial charge in [-0.05, 0) is 77.5 Å². The van der Waals surface area contributed by atoms with Crippen LogP contribution in [0.3, 0.4) is 0 Å². The van der Waals surface area contributed by atoms with Gasteiger partial charge in [-0.25, -0.2) is 0 Å². The molecule has 0 amide bonds. The molecule has 0 nitrogen and oxygen atoms in total. The summed E-state index contributed by atoms with van der Waals surface area (Å²) >= 11 is 0. The van der Waals surface area contributed by atoms with Gasteiger partial charge in [-0.1, -0.05) is 121 Å². The lowest BCUT2D eigenvalue weighted by atomic mass is 9.87. The highest BCUT2D eigenvalue weighted by Gasteiger charge is 2.14. The van der Waals surface area contributed by atoms with Crippen molar-refractivity contribution in [2.75, 3.05) is 0 Å². The molecule has 0 aliphatic carbocycles. The first-order chi connectivity index (χ1) is 16.8. The third kappa shape index (κ3) is 3.00. The molecule has 34 heavy (non-hydrogen) atoms.